The second kappa shape index (κ2) is 6.47. The second-order valence-electron chi connectivity index (χ2n) is 5.17. The Labute approximate surface area is 112 Å². The van der Waals surface area contributed by atoms with Gasteiger partial charge in [-0.2, -0.15) is 5.26 Å². The van der Waals surface area contributed by atoms with Crippen molar-refractivity contribution in [2.75, 3.05) is 0 Å². The summed E-state index contributed by atoms with van der Waals surface area (Å²) in [6.07, 6.45) is 7.11. The molecule has 0 aliphatic heterocycles. The first-order chi connectivity index (χ1) is 9.24. The van der Waals surface area contributed by atoms with E-state index in [1.54, 1.807) is 12.1 Å². The summed E-state index contributed by atoms with van der Waals surface area (Å²) in [7, 11) is 0. The maximum Gasteiger partial charge on any atom is 0.141 e. The summed E-state index contributed by atoms with van der Waals surface area (Å²) < 4.78 is 25.5. The van der Waals surface area contributed by atoms with Crippen LogP contribution in [0.2, 0.25) is 0 Å². The van der Waals surface area contributed by atoms with Gasteiger partial charge in [0.2, 0.25) is 0 Å². The highest BCUT2D eigenvalue weighted by Crippen LogP contribution is 2.37. The van der Waals surface area contributed by atoms with Crippen molar-refractivity contribution in [3.63, 3.8) is 0 Å². The first-order valence-corrected chi connectivity index (χ1v) is 6.69. The van der Waals surface area contributed by atoms with Crippen LogP contribution in [-0.2, 0) is 0 Å². The van der Waals surface area contributed by atoms with Crippen LogP contribution in [0.3, 0.4) is 0 Å². The molecule has 100 valence electrons. The molecule has 1 aliphatic rings. The van der Waals surface area contributed by atoms with E-state index in [9.17, 15) is 8.78 Å². The van der Waals surface area contributed by atoms with Crippen LogP contribution in [-0.4, -0.2) is 0 Å². The standard InChI is InChI=1S/C16H17F2N/c17-9-1-2-12-3-5-13(6-4-12)14-7-8-15(11-19)16(18)10-14/h1,7-10,12-13H,2-6H2/t12-,13-. The molecule has 3 heteroatoms. The molecule has 0 heterocycles. The molecular weight excluding hydrogens is 244 g/mol. The summed E-state index contributed by atoms with van der Waals surface area (Å²) in [5.41, 5.74) is 1.08. The molecule has 1 fully saturated rings. The van der Waals surface area contributed by atoms with E-state index in [0.29, 0.717) is 18.2 Å². The average molecular weight is 261 g/mol. The number of halogens is 2. The fourth-order valence-corrected chi connectivity index (χ4v) is 2.85. The highest BCUT2D eigenvalue weighted by Gasteiger charge is 2.22. The molecule has 0 saturated heterocycles. The smallest absolute Gasteiger partial charge is 0.141 e. The number of nitriles is 1. The van der Waals surface area contributed by atoms with Gasteiger partial charge in [-0.25, -0.2) is 8.78 Å². The van der Waals surface area contributed by atoms with E-state index < -0.39 is 5.82 Å². The molecule has 0 bridgehead atoms. The van der Waals surface area contributed by atoms with Gasteiger partial charge in [-0.1, -0.05) is 12.1 Å². The zero-order valence-corrected chi connectivity index (χ0v) is 10.8. The third kappa shape index (κ3) is 3.41. The molecule has 0 atom stereocenters. The van der Waals surface area contributed by atoms with Crippen molar-refractivity contribution in [3.05, 3.63) is 47.5 Å². The van der Waals surface area contributed by atoms with Gasteiger partial charge in [0.1, 0.15) is 11.9 Å². The minimum Gasteiger partial charge on any atom is -0.216 e. The van der Waals surface area contributed by atoms with E-state index in [0.717, 1.165) is 37.7 Å². The Balaban J connectivity index is 1.98. The molecule has 1 aromatic carbocycles. The maximum absolute atomic E-state index is 13.6. The van der Waals surface area contributed by atoms with Gasteiger partial charge in [0.25, 0.3) is 0 Å². The van der Waals surface area contributed by atoms with Gasteiger partial charge in [-0.05, 0) is 61.6 Å². The number of hydrogen-bond acceptors (Lipinski definition) is 1. The summed E-state index contributed by atoms with van der Waals surface area (Å²) in [5.74, 6) is 0.488. The van der Waals surface area contributed by atoms with Crippen LogP contribution in [0.15, 0.2) is 30.6 Å². The fraction of sp³-hybridized carbons (Fsp3) is 0.438. The van der Waals surface area contributed by atoms with Crippen molar-refractivity contribution < 1.29 is 8.78 Å². The lowest BCUT2D eigenvalue weighted by molar-refractivity contribution is 0.327. The van der Waals surface area contributed by atoms with Gasteiger partial charge in [0, 0.05) is 0 Å². The lowest BCUT2D eigenvalue weighted by atomic mass is 9.77. The molecule has 1 aliphatic carbocycles. The molecule has 19 heavy (non-hydrogen) atoms. The molecule has 0 unspecified atom stereocenters. The van der Waals surface area contributed by atoms with E-state index in [1.165, 1.54) is 6.07 Å². The highest BCUT2D eigenvalue weighted by atomic mass is 19.1. The third-order valence-corrected chi connectivity index (χ3v) is 3.99. The lowest BCUT2D eigenvalue weighted by Gasteiger charge is -2.28. The zero-order valence-electron chi connectivity index (χ0n) is 10.8. The number of allylic oxidation sites excluding steroid dienone is 1. The molecule has 1 nitrogen and oxygen atoms in total. The Kier molecular flexibility index (Phi) is 4.68. The Morgan fingerprint density at radius 3 is 2.58 bits per heavy atom. The normalized spacial score (nSPS) is 23.4. The van der Waals surface area contributed by atoms with Gasteiger partial charge < -0.3 is 0 Å². The average Bonchev–Trinajstić information content (AvgIpc) is 2.45. The minimum atomic E-state index is -0.428. The van der Waals surface area contributed by atoms with E-state index in [1.807, 2.05) is 12.1 Å². The molecule has 0 amide bonds. The summed E-state index contributed by atoms with van der Waals surface area (Å²) in [6, 6.07) is 6.74. The van der Waals surface area contributed by atoms with Gasteiger partial charge in [-0.3, -0.25) is 0 Å². The Bertz CT molecular complexity index is 494. The predicted molar refractivity (Wildman–Crippen MR) is 70.7 cm³/mol. The zero-order chi connectivity index (χ0) is 13.7. The topological polar surface area (TPSA) is 23.8 Å². The van der Waals surface area contributed by atoms with E-state index >= 15 is 0 Å². The predicted octanol–water partition coefficient (Wildman–Crippen LogP) is 4.84. The van der Waals surface area contributed by atoms with Crippen LogP contribution < -0.4 is 0 Å². The Hall–Kier alpha value is -1.69. The maximum atomic E-state index is 13.6. The second-order valence-corrected chi connectivity index (χ2v) is 5.17. The molecule has 0 spiro atoms. The summed E-state index contributed by atoms with van der Waals surface area (Å²) in [5, 5.41) is 8.71. The SMILES string of the molecule is N#Cc1ccc([C@H]2CC[C@H](CC=CF)CC2)cc1F. The van der Waals surface area contributed by atoms with Crippen LogP contribution in [0.25, 0.3) is 0 Å². The molecule has 2 rings (SSSR count). The van der Waals surface area contributed by atoms with Crippen molar-refractivity contribution in [3.8, 4) is 6.07 Å². The van der Waals surface area contributed by atoms with Crippen molar-refractivity contribution >= 4 is 0 Å². The number of hydrogen-bond donors (Lipinski definition) is 0. The molecule has 0 radical (unpaired) electrons. The first kappa shape index (κ1) is 13.7. The molecule has 1 saturated carbocycles. The minimum absolute atomic E-state index is 0.102. The quantitative estimate of drug-likeness (QED) is 0.763. The highest BCUT2D eigenvalue weighted by molar-refractivity contribution is 5.34. The van der Waals surface area contributed by atoms with Crippen LogP contribution in [0, 0.1) is 23.1 Å². The van der Waals surface area contributed by atoms with Crippen LogP contribution in [0.4, 0.5) is 8.78 Å². The van der Waals surface area contributed by atoms with E-state index in [-0.39, 0.29) is 5.56 Å². The van der Waals surface area contributed by atoms with Crippen LogP contribution in [0.1, 0.15) is 49.1 Å². The summed E-state index contributed by atoms with van der Waals surface area (Å²) >= 11 is 0. The lowest BCUT2D eigenvalue weighted by Crippen LogP contribution is -2.13. The van der Waals surface area contributed by atoms with E-state index in [2.05, 4.69) is 0 Å². The number of benzene rings is 1. The fourth-order valence-electron chi connectivity index (χ4n) is 2.85. The van der Waals surface area contributed by atoms with Gasteiger partial charge in [0.15, 0.2) is 0 Å². The first-order valence-electron chi connectivity index (χ1n) is 6.69. The number of nitrogens with zero attached hydrogens (tertiary/aromatic N) is 1. The molecule has 1 aromatic rings. The van der Waals surface area contributed by atoms with E-state index in [4.69, 9.17) is 5.26 Å². The summed E-state index contributed by atoms with van der Waals surface area (Å²) in [6.45, 7) is 0. The van der Waals surface area contributed by atoms with Crippen molar-refractivity contribution in [1.29, 1.82) is 5.26 Å². The molecule has 0 N–H and O–H groups in total. The molecular formula is C16H17F2N. The Morgan fingerprint density at radius 1 is 1.26 bits per heavy atom. The largest absolute Gasteiger partial charge is 0.216 e. The van der Waals surface area contributed by atoms with Crippen LogP contribution in [0.5, 0.6) is 0 Å². The Morgan fingerprint density at radius 2 is 2.00 bits per heavy atom. The van der Waals surface area contributed by atoms with Crippen molar-refractivity contribution in [2.45, 2.75) is 38.0 Å². The van der Waals surface area contributed by atoms with Gasteiger partial charge in [-0.15, -0.1) is 0 Å². The van der Waals surface area contributed by atoms with Gasteiger partial charge in [0.05, 0.1) is 11.9 Å². The number of rotatable bonds is 3. The van der Waals surface area contributed by atoms with Gasteiger partial charge >= 0.3 is 0 Å². The molecule has 0 aromatic heterocycles. The van der Waals surface area contributed by atoms with Crippen molar-refractivity contribution in [2.24, 2.45) is 5.92 Å². The third-order valence-electron chi connectivity index (χ3n) is 3.99. The van der Waals surface area contributed by atoms with Crippen LogP contribution >= 0.6 is 0 Å². The van der Waals surface area contributed by atoms with Crippen molar-refractivity contribution in [1.82, 2.24) is 0 Å². The summed E-state index contributed by atoms with van der Waals surface area (Å²) in [4.78, 5) is 0. The monoisotopic (exact) mass is 261 g/mol.